The molecule has 2 aromatic heterocycles. The lowest BCUT2D eigenvalue weighted by molar-refractivity contribution is 0.484. The van der Waals surface area contributed by atoms with E-state index < -0.39 is 0 Å². The van der Waals surface area contributed by atoms with Crippen LogP contribution in [0.15, 0.2) is 77.9 Å². The number of hydrogen-bond donors (Lipinski definition) is 0. The van der Waals surface area contributed by atoms with Crippen LogP contribution in [-0.4, -0.2) is 33.8 Å². The Morgan fingerprint density at radius 1 is 0.900 bits per heavy atom. The van der Waals surface area contributed by atoms with Gasteiger partial charge in [0.2, 0.25) is 5.95 Å². The number of nitrogens with zero attached hydrogens (tertiary/aromatic N) is 5. The maximum atomic E-state index is 12.4. The number of benzene rings is 2. The van der Waals surface area contributed by atoms with E-state index in [1.807, 2.05) is 73.6 Å². The minimum absolute atomic E-state index is 0.216. The predicted octanol–water partition coefficient (Wildman–Crippen LogP) is 3.76. The Hall–Kier alpha value is -4.00. The largest absolute Gasteiger partial charge is 0.457 e. The van der Waals surface area contributed by atoms with Gasteiger partial charge in [0, 0.05) is 56.3 Å². The Balaban J connectivity index is 1.86. The first-order chi connectivity index (χ1) is 14.5. The molecule has 0 saturated carbocycles. The lowest BCUT2D eigenvalue weighted by Gasteiger charge is -2.15. The molecule has 0 saturated heterocycles. The molecule has 0 radical (unpaired) electrons. The molecule has 0 bridgehead atoms. The van der Waals surface area contributed by atoms with Gasteiger partial charge in [-0.3, -0.25) is 4.79 Å². The van der Waals surface area contributed by atoms with Crippen LogP contribution in [0.1, 0.15) is 0 Å². The van der Waals surface area contributed by atoms with Gasteiger partial charge in [-0.2, -0.15) is 5.10 Å². The van der Waals surface area contributed by atoms with Crippen molar-refractivity contribution in [2.45, 2.75) is 0 Å². The van der Waals surface area contributed by atoms with Crippen molar-refractivity contribution in [3.63, 3.8) is 0 Å². The van der Waals surface area contributed by atoms with Gasteiger partial charge in [-0.15, -0.1) is 0 Å². The van der Waals surface area contributed by atoms with Crippen molar-refractivity contribution in [1.29, 1.82) is 0 Å². The number of anilines is 1. The summed E-state index contributed by atoms with van der Waals surface area (Å²) >= 11 is 0. The second kappa shape index (κ2) is 8.16. The summed E-state index contributed by atoms with van der Waals surface area (Å²) in [6.45, 7) is 0. The molecule has 2 heterocycles. The van der Waals surface area contributed by atoms with Crippen LogP contribution in [0.4, 0.5) is 5.95 Å². The molecule has 4 aromatic rings. The molecule has 0 amide bonds. The molecule has 0 spiro atoms. The van der Waals surface area contributed by atoms with Crippen molar-refractivity contribution >= 4 is 5.95 Å². The maximum Gasteiger partial charge on any atom is 0.267 e. The van der Waals surface area contributed by atoms with E-state index in [9.17, 15) is 4.79 Å². The predicted molar refractivity (Wildman–Crippen MR) is 117 cm³/mol. The number of para-hydroxylation sites is 2. The Labute approximate surface area is 174 Å². The number of hydrogen-bond acceptors (Lipinski definition) is 6. The maximum absolute atomic E-state index is 12.4. The van der Waals surface area contributed by atoms with E-state index in [1.165, 1.54) is 4.68 Å². The van der Waals surface area contributed by atoms with E-state index in [1.54, 1.807) is 25.5 Å². The molecule has 150 valence electrons. The zero-order chi connectivity index (χ0) is 21.1. The highest BCUT2D eigenvalue weighted by Crippen LogP contribution is 2.36. The molecule has 0 unspecified atom stereocenters. The quantitative estimate of drug-likeness (QED) is 0.509. The molecular weight excluding hydrogens is 378 g/mol. The second-order valence-electron chi connectivity index (χ2n) is 6.95. The number of rotatable bonds is 5. The van der Waals surface area contributed by atoms with Gasteiger partial charge in [0.05, 0.1) is 0 Å². The summed E-state index contributed by atoms with van der Waals surface area (Å²) in [4.78, 5) is 22.9. The van der Waals surface area contributed by atoms with Crippen molar-refractivity contribution in [3.8, 4) is 33.9 Å². The third-order valence-electron chi connectivity index (χ3n) is 4.55. The summed E-state index contributed by atoms with van der Waals surface area (Å²) in [6, 6.07) is 18.7. The third kappa shape index (κ3) is 3.91. The normalized spacial score (nSPS) is 10.6. The molecule has 0 aliphatic heterocycles. The molecule has 0 aliphatic rings. The van der Waals surface area contributed by atoms with Crippen molar-refractivity contribution in [2.75, 3.05) is 19.0 Å². The summed E-state index contributed by atoms with van der Waals surface area (Å²) in [7, 11) is 5.37. The van der Waals surface area contributed by atoms with Crippen LogP contribution in [0.3, 0.4) is 0 Å². The molecule has 2 aromatic carbocycles. The van der Waals surface area contributed by atoms with Crippen molar-refractivity contribution < 1.29 is 4.74 Å². The molecule has 0 N–H and O–H groups in total. The van der Waals surface area contributed by atoms with E-state index in [0.717, 1.165) is 11.3 Å². The van der Waals surface area contributed by atoms with Crippen LogP contribution in [-0.2, 0) is 7.05 Å². The highest BCUT2D eigenvalue weighted by atomic mass is 16.5. The van der Waals surface area contributed by atoms with Crippen LogP contribution in [0, 0.1) is 0 Å². The van der Waals surface area contributed by atoms with E-state index in [2.05, 4.69) is 15.1 Å². The minimum Gasteiger partial charge on any atom is -0.457 e. The molecule has 7 heteroatoms. The third-order valence-corrected chi connectivity index (χ3v) is 4.55. The molecule has 0 fully saturated rings. The molecular formula is C23H21N5O2. The number of ether oxygens (including phenoxy) is 1. The second-order valence-corrected chi connectivity index (χ2v) is 6.95. The average molecular weight is 399 g/mol. The van der Waals surface area contributed by atoms with Crippen LogP contribution in [0.5, 0.6) is 11.5 Å². The van der Waals surface area contributed by atoms with Crippen molar-refractivity contribution in [3.05, 3.63) is 83.4 Å². The first-order valence-electron chi connectivity index (χ1n) is 9.43. The lowest BCUT2D eigenvalue weighted by Crippen LogP contribution is -2.20. The van der Waals surface area contributed by atoms with Crippen LogP contribution in [0.2, 0.25) is 0 Å². The average Bonchev–Trinajstić information content (AvgIpc) is 2.76. The summed E-state index contributed by atoms with van der Waals surface area (Å²) in [5.41, 5.74) is 2.52. The monoisotopic (exact) mass is 399 g/mol. The fourth-order valence-corrected chi connectivity index (χ4v) is 3.02. The Morgan fingerprint density at radius 2 is 1.57 bits per heavy atom. The Morgan fingerprint density at radius 3 is 2.27 bits per heavy atom. The molecule has 0 atom stereocenters. The van der Waals surface area contributed by atoms with E-state index in [4.69, 9.17) is 4.74 Å². The minimum atomic E-state index is -0.216. The first-order valence-corrected chi connectivity index (χ1v) is 9.43. The molecule has 4 rings (SSSR count). The van der Waals surface area contributed by atoms with Gasteiger partial charge >= 0.3 is 0 Å². The van der Waals surface area contributed by atoms with Gasteiger partial charge in [0.1, 0.15) is 17.2 Å². The summed E-state index contributed by atoms with van der Waals surface area (Å²) in [5.74, 6) is 1.95. The van der Waals surface area contributed by atoms with Gasteiger partial charge in [0.15, 0.2) is 0 Å². The fourth-order valence-electron chi connectivity index (χ4n) is 3.02. The number of aryl methyl sites for hydroxylation is 1. The first kappa shape index (κ1) is 19.3. The van der Waals surface area contributed by atoms with Crippen molar-refractivity contribution in [2.24, 2.45) is 7.05 Å². The highest BCUT2D eigenvalue weighted by molar-refractivity contribution is 5.82. The molecule has 0 aliphatic carbocycles. The fraction of sp³-hybridized carbons (Fsp3) is 0.130. The van der Waals surface area contributed by atoms with Gasteiger partial charge in [0.25, 0.3) is 5.56 Å². The topological polar surface area (TPSA) is 73.1 Å². The Bertz CT molecular complexity index is 1220. The zero-order valence-corrected chi connectivity index (χ0v) is 17.0. The standard InChI is InChI=1S/C23H21N5O2/c1-27(2)23-24-14-16(15-25-23)19-13-21(29)28(3)26-22(19)18-11-7-8-12-20(18)30-17-9-5-4-6-10-17/h4-15H,1-3H3. The van der Waals surface area contributed by atoms with Crippen LogP contribution < -0.4 is 15.2 Å². The van der Waals surface area contributed by atoms with Crippen LogP contribution in [0.25, 0.3) is 22.4 Å². The van der Waals surface area contributed by atoms with Crippen molar-refractivity contribution in [1.82, 2.24) is 19.7 Å². The summed E-state index contributed by atoms with van der Waals surface area (Å²) in [5, 5.41) is 4.54. The zero-order valence-electron chi connectivity index (χ0n) is 17.0. The molecule has 7 nitrogen and oxygen atoms in total. The van der Waals surface area contributed by atoms with Gasteiger partial charge in [-0.1, -0.05) is 30.3 Å². The Kier molecular flexibility index (Phi) is 5.26. The van der Waals surface area contributed by atoms with E-state index in [-0.39, 0.29) is 5.56 Å². The summed E-state index contributed by atoms with van der Waals surface area (Å²) < 4.78 is 7.42. The van der Waals surface area contributed by atoms with Gasteiger partial charge in [-0.05, 0) is 24.3 Å². The summed E-state index contributed by atoms with van der Waals surface area (Å²) in [6.07, 6.45) is 3.39. The molecule has 30 heavy (non-hydrogen) atoms. The lowest BCUT2D eigenvalue weighted by atomic mass is 10.0. The highest BCUT2D eigenvalue weighted by Gasteiger charge is 2.17. The van der Waals surface area contributed by atoms with Gasteiger partial charge in [-0.25, -0.2) is 14.6 Å². The SMILES string of the molecule is CN(C)c1ncc(-c2cc(=O)n(C)nc2-c2ccccc2Oc2ccccc2)cn1. The van der Waals surface area contributed by atoms with Gasteiger partial charge < -0.3 is 9.64 Å². The number of aromatic nitrogens is 4. The van der Waals surface area contributed by atoms with Crippen LogP contribution >= 0.6 is 0 Å². The smallest absolute Gasteiger partial charge is 0.267 e. The van der Waals surface area contributed by atoms with E-state index in [0.29, 0.717) is 28.5 Å². The van der Waals surface area contributed by atoms with E-state index >= 15 is 0 Å².